The average molecular weight is 550 g/mol. The van der Waals surface area contributed by atoms with Crippen molar-refractivity contribution in [2.75, 3.05) is 6.54 Å². The first-order valence-electron chi connectivity index (χ1n) is 13.9. The summed E-state index contributed by atoms with van der Waals surface area (Å²) >= 11 is 0. The van der Waals surface area contributed by atoms with Gasteiger partial charge in [0.2, 0.25) is 0 Å². The van der Waals surface area contributed by atoms with Crippen LogP contribution < -0.4 is 4.74 Å². The number of fused-ring (bicyclic) bond motifs is 1. The third-order valence-corrected chi connectivity index (χ3v) is 7.91. The SMILES string of the molecule is C[C@@H]1C[C@@H](C)N1CC(=O)Cc1cc(Oc2ccc3c(c2)nc(Cc2cc(-c4cccnc4)ccc2F)n3C)ccn1. The normalized spacial score (nSPS) is 17.0. The zero-order chi connectivity index (χ0) is 28.5. The molecule has 8 heteroatoms. The summed E-state index contributed by atoms with van der Waals surface area (Å²) in [4.78, 5) is 28.2. The average Bonchev–Trinajstić information content (AvgIpc) is 3.27. The Labute approximate surface area is 238 Å². The van der Waals surface area contributed by atoms with Crippen LogP contribution in [0.1, 0.15) is 37.4 Å². The molecule has 1 saturated heterocycles. The van der Waals surface area contributed by atoms with Gasteiger partial charge in [0.15, 0.2) is 5.78 Å². The van der Waals surface area contributed by atoms with Crippen molar-refractivity contribution in [3.63, 3.8) is 0 Å². The van der Waals surface area contributed by atoms with E-state index < -0.39 is 0 Å². The Hall–Kier alpha value is -4.43. The van der Waals surface area contributed by atoms with E-state index in [4.69, 9.17) is 9.72 Å². The number of nitrogens with zero attached hydrogens (tertiary/aromatic N) is 5. The number of likely N-dealkylation sites (tertiary alicyclic amines) is 1. The van der Waals surface area contributed by atoms with Crippen molar-refractivity contribution in [1.82, 2.24) is 24.4 Å². The summed E-state index contributed by atoms with van der Waals surface area (Å²) in [5, 5.41) is 0. The van der Waals surface area contributed by atoms with E-state index in [-0.39, 0.29) is 18.0 Å². The van der Waals surface area contributed by atoms with Gasteiger partial charge < -0.3 is 9.30 Å². The molecule has 0 bridgehead atoms. The summed E-state index contributed by atoms with van der Waals surface area (Å²) < 4.78 is 22.9. The number of carbonyl (C=O) groups is 1. The largest absolute Gasteiger partial charge is 0.457 e. The summed E-state index contributed by atoms with van der Waals surface area (Å²) in [5.74, 6) is 1.86. The molecule has 208 valence electrons. The van der Waals surface area contributed by atoms with Gasteiger partial charge in [-0.3, -0.25) is 19.7 Å². The van der Waals surface area contributed by atoms with Crippen molar-refractivity contribution >= 4 is 16.8 Å². The van der Waals surface area contributed by atoms with Crippen molar-refractivity contribution in [2.24, 2.45) is 7.05 Å². The maximum absolute atomic E-state index is 14.8. The molecular weight excluding hydrogens is 517 g/mol. The van der Waals surface area contributed by atoms with Crippen molar-refractivity contribution in [3.05, 3.63) is 102 Å². The van der Waals surface area contributed by atoms with Gasteiger partial charge >= 0.3 is 0 Å². The Morgan fingerprint density at radius 1 is 1.00 bits per heavy atom. The van der Waals surface area contributed by atoms with Crippen molar-refractivity contribution in [3.8, 4) is 22.6 Å². The number of carbonyl (C=O) groups excluding carboxylic acids is 1. The monoisotopic (exact) mass is 549 g/mol. The van der Waals surface area contributed by atoms with Crippen LogP contribution in [0.5, 0.6) is 11.5 Å². The summed E-state index contributed by atoms with van der Waals surface area (Å²) in [5.41, 5.74) is 4.78. The van der Waals surface area contributed by atoms with E-state index in [1.807, 2.05) is 54.1 Å². The smallest absolute Gasteiger partial charge is 0.152 e. The predicted molar refractivity (Wildman–Crippen MR) is 156 cm³/mol. The third-order valence-electron chi connectivity index (χ3n) is 7.91. The van der Waals surface area contributed by atoms with Gasteiger partial charge in [-0.1, -0.05) is 12.1 Å². The second-order valence-electron chi connectivity index (χ2n) is 10.9. The zero-order valence-electron chi connectivity index (χ0n) is 23.4. The molecule has 0 amide bonds. The molecule has 2 atom stereocenters. The molecule has 7 nitrogen and oxygen atoms in total. The zero-order valence-corrected chi connectivity index (χ0v) is 23.4. The molecule has 0 radical (unpaired) electrons. The highest BCUT2D eigenvalue weighted by Crippen LogP contribution is 2.29. The van der Waals surface area contributed by atoms with E-state index in [1.165, 1.54) is 6.07 Å². The highest BCUT2D eigenvalue weighted by molar-refractivity contribution is 5.82. The molecule has 0 saturated carbocycles. The van der Waals surface area contributed by atoms with Gasteiger partial charge in [-0.15, -0.1) is 0 Å². The molecule has 41 heavy (non-hydrogen) atoms. The second kappa shape index (κ2) is 11.2. The number of benzene rings is 2. The van der Waals surface area contributed by atoms with Gasteiger partial charge in [0.05, 0.1) is 29.7 Å². The molecule has 0 spiro atoms. The van der Waals surface area contributed by atoms with Crippen LogP contribution in [0.2, 0.25) is 0 Å². The Morgan fingerprint density at radius 3 is 2.61 bits per heavy atom. The van der Waals surface area contributed by atoms with Crippen molar-refractivity contribution in [2.45, 2.75) is 45.2 Å². The van der Waals surface area contributed by atoms with Crippen LogP contribution in [-0.4, -0.2) is 48.8 Å². The summed E-state index contributed by atoms with van der Waals surface area (Å²) in [6, 6.07) is 19.1. The Morgan fingerprint density at radius 2 is 1.83 bits per heavy atom. The lowest BCUT2D eigenvalue weighted by Crippen LogP contribution is -2.54. The molecule has 0 aliphatic carbocycles. The van der Waals surface area contributed by atoms with Crippen LogP contribution in [0, 0.1) is 5.82 Å². The Kier molecular flexibility index (Phi) is 7.32. The van der Waals surface area contributed by atoms with Crippen molar-refractivity contribution in [1.29, 1.82) is 0 Å². The maximum atomic E-state index is 14.8. The molecule has 5 aromatic rings. The molecule has 0 N–H and O–H groups in total. The van der Waals surface area contributed by atoms with E-state index >= 15 is 0 Å². The first kappa shape index (κ1) is 26.8. The number of ketones is 1. The van der Waals surface area contributed by atoms with Crippen LogP contribution >= 0.6 is 0 Å². The third kappa shape index (κ3) is 5.74. The Balaban J connectivity index is 1.17. The number of pyridine rings is 2. The Bertz CT molecular complexity index is 1710. The first-order valence-corrected chi connectivity index (χ1v) is 13.9. The number of hydrogen-bond donors (Lipinski definition) is 0. The summed E-state index contributed by atoms with van der Waals surface area (Å²) in [7, 11) is 1.93. The molecule has 4 heterocycles. The highest BCUT2D eigenvalue weighted by atomic mass is 19.1. The molecule has 2 aromatic carbocycles. The number of Topliss-reactive ketones (excluding diaryl/α,β-unsaturated/α-hetero) is 1. The van der Waals surface area contributed by atoms with Gasteiger partial charge in [0.25, 0.3) is 0 Å². The molecule has 6 rings (SSSR count). The first-order chi connectivity index (χ1) is 19.8. The van der Waals surface area contributed by atoms with Crippen LogP contribution in [0.15, 0.2) is 79.3 Å². The fourth-order valence-electron chi connectivity index (χ4n) is 5.63. The minimum atomic E-state index is -0.269. The van der Waals surface area contributed by atoms with E-state index in [1.54, 1.807) is 30.7 Å². The minimum absolute atomic E-state index is 0.151. The number of hydrogen-bond acceptors (Lipinski definition) is 6. The fourth-order valence-corrected chi connectivity index (χ4v) is 5.63. The molecular formula is C33H32FN5O2. The predicted octanol–water partition coefficient (Wildman–Crippen LogP) is 6.15. The lowest BCUT2D eigenvalue weighted by molar-refractivity contribution is -0.123. The lowest BCUT2D eigenvalue weighted by Gasteiger charge is -2.45. The maximum Gasteiger partial charge on any atom is 0.152 e. The number of halogens is 1. The van der Waals surface area contributed by atoms with E-state index in [9.17, 15) is 9.18 Å². The van der Waals surface area contributed by atoms with Gasteiger partial charge in [-0.2, -0.15) is 0 Å². The standard InChI is InChI=1S/C33H32FN5O2/c1-21-13-22(2)39(21)20-27(40)16-26-17-29(10-12-36-26)41-28-7-9-32-31(18-28)37-33(38(32)3)15-25-14-23(6-8-30(25)34)24-5-4-11-35-19-24/h4-12,14,17-19,21-22H,13,15-16,20H2,1-3H3/t21-,22-/m1/s1. The quantitative estimate of drug-likeness (QED) is 0.220. The van der Waals surface area contributed by atoms with Gasteiger partial charge in [-0.05, 0) is 73.4 Å². The summed E-state index contributed by atoms with van der Waals surface area (Å²) in [6.45, 7) is 4.76. The van der Waals surface area contributed by atoms with E-state index in [0.29, 0.717) is 47.8 Å². The van der Waals surface area contributed by atoms with Gasteiger partial charge in [-0.25, -0.2) is 9.37 Å². The van der Waals surface area contributed by atoms with Gasteiger partial charge in [0, 0.05) is 56.3 Å². The fraction of sp³-hybridized carbons (Fsp3) is 0.273. The number of rotatable bonds is 9. The van der Waals surface area contributed by atoms with Crippen LogP contribution in [0.3, 0.4) is 0 Å². The number of aryl methyl sites for hydroxylation is 1. The highest BCUT2D eigenvalue weighted by Gasteiger charge is 2.32. The molecule has 3 aromatic heterocycles. The number of ether oxygens (including phenoxy) is 1. The second-order valence-corrected chi connectivity index (χ2v) is 10.9. The molecule has 1 fully saturated rings. The molecule has 0 unspecified atom stereocenters. The van der Waals surface area contributed by atoms with Gasteiger partial charge in [0.1, 0.15) is 23.1 Å². The molecule has 1 aliphatic rings. The number of imidazole rings is 1. The van der Waals surface area contributed by atoms with Crippen LogP contribution in [0.25, 0.3) is 22.2 Å². The lowest BCUT2D eigenvalue weighted by atomic mass is 9.95. The van der Waals surface area contributed by atoms with Crippen LogP contribution in [0.4, 0.5) is 4.39 Å². The van der Waals surface area contributed by atoms with E-state index in [2.05, 4.69) is 28.7 Å². The summed E-state index contributed by atoms with van der Waals surface area (Å²) in [6.07, 6.45) is 6.90. The minimum Gasteiger partial charge on any atom is -0.457 e. The molecule has 1 aliphatic heterocycles. The van der Waals surface area contributed by atoms with E-state index in [0.717, 1.165) is 34.4 Å². The number of aromatic nitrogens is 4. The van der Waals surface area contributed by atoms with Crippen LogP contribution in [-0.2, 0) is 24.7 Å². The topological polar surface area (TPSA) is 73.1 Å². The van der Waals surface area contributed by atoms with Crippen molar-refractivity contribution < 1.29 is 13.9 Å².